The van der Waals surface area contributed by atoms with Gasteiger partial charge >= 0.3 is 6.18 Å². The number of benzene rings is 2. The van der Waals surface area contributed by atoms with Gasteiger partial charge in [0, 0.05) is 18.3 Å². The van der Waals surface area contributed by atoms with Gasteiger partial charge in [-0.1, -0.05) is 6.07 Å². The van der Waals surface area contributed by atoms with Crippen molar-refractivity contribution in [3.63, 3.8) is 0 Å². The molecule has 31 heavy (non-hydrogen) atoms. The molecule has 1 aliphatic rings. The van der Waals surface area contributed by atoms with E-state index in [0.29, 0.717) is 29.9 Å². The monoisotopic (exact) mass is 460 g/mol. The van der Waals surface area contributed by atoms with Gasteiger partial charge in [-0.05, 0) is 49.6 Å². The van der Waals surface area contributed by atoms with Crippen LogP contribution in [0.15, 0.2) is 41.3 Å². The Kier molecular flexibility index (Phi) is 6.28. The molecule has 0 spiro atoms. The predicted octanol–water partition coefficient (Wildman–Crippen LogP) is 3.95. The molecule has 2 aromatic carbocycles. The number of anilines is 1. The summed E-state index contributed by atoms with van der Waals surface area (Å²) < 4.78 is 84.8. The summed E-state index contributed by atoms with van der Waals surface area (Å²) in [6.45, 7) is 1.68. The first-order valence-corrected chi connectivity index (χ1v) is 10.7. The number of hydrogen-bond acceptors (Lipinski definition) is 4. The highest BCUT2D eigenvalue weighted by atomic mass is 32.2. The highest BCUT2D eigenvalue weighted by molar-refractivity contribution is 7.89. The van der Waals surface area contributed by atoms with Gasteiger partial charge in [0.1, 0.15) is 17.6 Å². The Balaban J connectivity index is 1.88. The van der Waals surface area contributed by atoms with Gasteiger partial charge in [-0.2, -0.15) is 17.5 Å². The smallest absolute Gasteiger partial charge is 0.419 e. The van der Waals surface area contributed by atoms with Gasteiger partial charge in [0.25, 0.3) is 0 Å². The van der Waals surface area contributed by atoms with E-state index in [4.69, 9.17) is 4.74 Å². The number of amides is 1. The van der Waals surface area contributed by atoms with Crippen LogP contribution in [-0.4, -0.2) is 38.3 Å². The first-order chi connectivity index (χ1) is 14.4. The van der Waals surface area contributed by atoms with Gasteiger partial charge in [0.2, 0.25) is 15.9 Å². The van der Waals surface area contributed by atoms with E-state index in [0.717, 1.165) is 10.4 Å². The van der Waals surface area contributed by atoms with Crippen LogP contribution in [0.2, 0.25) is 0 Å². The normalized spacial score (nSPS) is 17.5. The molecule has 1 fully saturated rings. The molecule has 1 aliphatic heterocycles. The molecule has 3 rings (SSSR count). The van der Waals surface area contributed by atoms with Crippen molar-refractivity contribution in [2.24, 2.45) is 0 Å². The van der Waals surface area contributed by atoms with Crippen molar-refractivity contribution in [2.45, 2.75) is 36.9 Å². The molecule has 1 atom stereocenters. The van der Waals surface area contributed by atoms with E-state index in [2.05, 4.69) is 5.32 Å². The highest BCUT2D eigenvalue weighted by Gasteiger charge is 2.40. The fraction of sp³-hybridized carbons (Fsp3) is 0.350. The second kappa shape index (κ2) is 8.46. The summed E-state index contributed by atoms with van der Waals surface area (Å²) in [6, 6.07) is 5.49. The van der Waals surface area contributed by atoms with Gasteiger partial charge in [0.15, 0.2) is 0 Å². The SMILES string of the molecule is COc1ccc(C)c(S(=O)(=O)N2CCCC2C(=O)Nc2ccc(F)c(C(F)(F)F)c2)c1. The lowest BCUT2D eigenvalue weighted by Crippen LogP contribution is -2.43. The number of carbonyl (C=O) groups excluding carboxylic acids is 1. The molecule has 6 nitrogen and oxygen atoms in total. The average molecular weight is 460 g/mol. The van der Waals surface area contributed by atoms with Gasteiger partial charge in [-0.3, -0.25) is 4.79 Å². The molecule has 0 saturated carbocycles. The Morgan fingerprint density at radius 3 is 2.55 bits per heavy atom. The van der Waals surface area contributed by atoms with Crippen LogP contribution in [0.25, 0.3) is 0 Å². The van der Waals surface area contributed by atoms with E-state index in [1.54, 1.807) is 19.1 Å². The van der Waals surface area contributed by atoms with Crippen molar-refractivity contribution in [1.29, 1.82) is 0 Å². The van der Waals surface area contributed by atoms with Crippen molar-refractivity contribution in [3.8, 4) is 5.75 Å². The summed E-state index contributed by atoms with van der Waals surface area (Å²) in [7, 11) is -2.68. The van der Waals surface area contributed by atoms with E-state index in [1.807, 2.05) is 0 Å². The molecule has 168 valence electrons. The minimum atomic E-state index is -4.93. The van der Waals surface area contributed by atoms with Crippen LogP contribution < -0.4 is 10.1 Å². The molecule has 11 heteroatoms. The molecule has 1 unspecified atom stereocenters. The van der Waals surface area contributed by atoms with E-state index in [-0.39, 0.29) is 23.5 Å². The van der Waals surface area contributed by atoms with Crippen molar-refractivity contribution >= 4 is 21.6 Å². The second-order valence-electron chi connectivity index (χ2n) is 7.09. The summed E-state index contributed by atoms with van der Waals surface area (Å²) in [5, 5.41) is 2.28. The highest BCUT2D eigenvalue weighted by Crippen LogP contribution is 2.34. The van der Waals surface area contributed by atoms with Crippen molar-refractivity contribution in [3.05, 3.63) is 53.3 Å². The van der Waals surface area contributed by atoms with Gasteiger partial charge in [-0.15, -0.1) is 0 Å². The standard InChI is InChI=1S/C20H20F4N2O4S/c1-12-5-7-14(30-2)11-18(12)31(28,29)26-9-3-4-17(26)19(27)25-13-6-8-16(21)15(10-13)20(22,23)24/h5-8,10-11,17H,3-4,9H2,1-2H3,(H,25,27). The average Bonchev–Trinajstić information content (AvgIpc) is 3.20. The van der Waals surface area contributed by atoms with Crippen LogP contribution in [0, 0.1) is 12.7 Å². The van der Waals surface area contributed by atoms with Crippen molar-refractivity contribution in [1.82, 2.24) is 4.31 Å². The van der Waals surface area contributed by atoms with E-state index in [9.17, 15) is 30.8 Å². The van der Waals surface area contributed by atoms with Crippen LogP contribution in [0.1, 0.15) is 24.0 Å². The number of nitrogens with zero attached hydrogens (tertiary/aromatic N) is 1. The van der Waals surface area contributed by atoms with E-state index in [1.165, 1.54) is 13.2 Å². The largest absolute Gasteiger partial charge is 0.497 e. The summed E-state index contributed by atoms with van der Waals surface area (Å²) in [4.78, 5) is 12.7. The molecular weight excluding hydrogens is 440 g/mol. The Hall–Kier alpha value is -2.66. The molecule has 0 aliphatic carbocycles. The molecule has 0 aromatic heterocycles. The number of ether oxygens (including phenoxy) is 1. The van der Waals surface area contributed by atoms with Crippen LogP contribution in [-0.2, 0) is 21.0 Å². The fourth-order valence-corrected chi connectivity index (χ4v) is 5.35. The Labute approximate surface area is 176 Å². The second-order valence-corrected chi connectivity index (χ2v) is 8.95. The number of sulfonamides is 1. The van der Waals surface area contributed by atoms with Gasteiger partial charge < -0.3 is 10.1 Å². The maximum atomic E-state index is 13.5. The Bertz CT molecular complexity index is 1100. The molecule has 0 bridgehead atoms. The molecule has 2 aromatic rings. The third-order valence-corrected chi connectivity index (χ3v) is 7.08. The topological polar surface area (TPSA) is 75.7 Å². The fourth-order valence-electron chi connectivity index (χ4n) is 3.45. The quantitative estimate of drug-likeness (QED) is 0.686. The number of carbonyl (C=O) groups is 1. The molecular formula is C20H20F4N2O4S. The number of rotatable bonds is 5. The lowest BCUT2D eigenvalue weighted by atomic mass is 10.1. The lowest BCUT2D eigenvalue weighted by molar-refractivity contribution is -0.140. The number of methoxy groups -OCH3 is 1. The van der Waals surface area contributed by atoms with Crippen LogP contribution in [0.5, 0.6) is 5.75 Å². The van der Waals surface area contributed by atoms with Crippen LogP contribution in [0.4, 0.5) is 23.2 Å². The first-order valence-electron chi connectivity index (χ1n) is 9.29. The first kappa shape index (κ1) is 23.0. The molecule has 0 radical (unpaired) electrons. The molecule has 1 N–H and O–H groups in total. The minimum absolute atomic E-state index is 0.0207. The molecule has 1 saturated heterocycles. The molecule has 1 heterocycles. The van der Waals surface area contributed by atoms with Gasteiger partial charge in [-0.25, -0.2) is 12.8 Å². The molecule has 1 amide bonds. The summed E-state index contributed by atoms with van der Waals surface area (Å²) in [5.41, 5.74) is -1.34. The van der Waals surface area contributed by atoms with E-state index < -0.39 is 39.5 Å². The van der Waals surface area contributed by atoms with Gasteiger partial charge in [0.05, 0.1) is 17.6 Å². The zero-order valence-electron chi connectivity index (χ0n) is 16.7. The Morgan fingerprint density at radius 2 is 1.90 bits per heavy atom. The van der Waals surface area contributed by atoms with Crippen molar-refractivity contribution < 1.29 is 35.5 Å². The zero-order chi connectivity index (χ0) is 23.0. The third-order valence-electron chi connectivity index (χ3n) is 5.03. The lowest BCUT2D eigenvalue weighted by Gasteiger charge is -2.24. The number of hydrogen-bond donors (Lipinski definition) is 1. The zero-order valence-corrected chi connectivity index (χ0v) is 17.5. The summed E-state index contributed by atoms with van der Waals surface area (Å²) in [6.07, 6.45) is -4.34. The number of nitrogens with one attached hydrogen (secondary N) is 1. The minimum Gasteiger partial charge on any atom is -0.497 e. The van der Waals surface area contributed by atoms with Crippen LogP contribution in [0.3, 0.4) is 0 Å². The Morgan fingerprint density at radius 1 is 1.19 bits per heavy atom. The van der Waals surface area contributed by atoms with Crippen molar-refractivity contribution in [2.75, 3.05) is 19.0 Å². The predicted molar refractivity (Wildman–Crippen MR) is 105 cm³/mol. The third kappa shape index (κ3) is 4.67. The van der Waals surface area contributed by atoms with Crippen LogP contribution >= 0.6 is 0 Å². The number of alkyl halides is 3. The number of aryl methyl sites for hydroxylation is 1. The maximum absolute atomic E-state index is 13.5. The maximum Gasteiger partial charge on any atom is 0.419 e. The summed E-state index contributed by atoms with van der Waals surface area (Å²) in [5.74, 6) is -1.93. The summed E-state index contributed by atoms with van der Waals surface area (Å²) >= 11 is 0. The van der Waals surface area contributed by atoms with E-state index >= 15 is 0 Å². The number of halogens is 4.